The maximum absolute atomic E-state index is 10.8. The van der Waals surface area contributed by atoms with Crippen molar-refractivity contribution in [3.8, 4) is 0 Å². The Morgan fingerprint density at radius 1 is 1.18 bits per heavy atom. The number of amides is 1. The molecule has 0 heterocycles. The number of hydrogen-bond acceptors (Lipinski definition) is 2. The summed E-state index contributed by atoms with van der Waals surface area (Å²) >= 11 is 0. The van der Waals surface area contributed by atoms with Crippen molar-refractivity contribution >= 4 is 5.91 Å². The number of rotatable bonds is 1. The van der Waals surface area contributed by atoms with E-state index in [0.717, 1.165) is 0 Å². The zero-order chi connectivity index (χ0) is 8.10. The van der Waals surface area contributed by atoms with Gasteiger partial charge in [0.25, 0.3) is 5.91 Å². The second kappa shape index (κ2) is 3.73. The van der Waals surface area contributed by atoms with Gasteiger partial charge in [0.2, 0.25) is 0 Å². The second-order valence-corrected chi connectivity index (χ2v) is 2.16. The Morgan fingerprint density at radius 2 is 1.73 bits per heavy atom. The minimum atomic E-state index is -0.416. The van der Waals surface area contributed by atoms with Crippen LogP contribution >= 0.6 is 0 Å². The van der Waals surface area contributed by atoms with Crippen LogP contribution in [0.15, 0.2) is 36.5 Å². The van der Waals surface area contributed by atoms with Gasteiger partial charge in [-0.25, -0.2) is 5.48 Å². The lowest BCUT2D eigenvalue weighted by Gasteiger charge is -2.02. The summed E-state index contributed by atoms with van der Waals surface area (Å²) in [7, 11) is 0. The van der Waals surface area contributed by atoms with Gasteiger partial charge >= 0.3 is 0 Å². The van der Waals surface area contributed by atoms with Gasteiger partial charge in [0.1, 0.15) is 0 Å². The van der Waals surface area contributed by atoms with Crippen molar-refractivity contribution < 1.29 is 10.0 Å². The average Bonchev–Trinajstić information content (AvgIpc) is 2.30. The molecule has 3 heteroatoms. The highest BCUT2D eigenvalue weighted by Gasteiger charge is 2.09. The van der Waals surface area contributed by atoms with E-state index in [9.17, 15) is 4.79 Å². The molecule has 0 saturated heterocycles. The first kappa shape index (κ1) is 7.75. The number of allylic oxidation sites excluding steroid dienone is 4. The number of carbonyl (C=O) groups is 1. The van der Waals surface area contributed by atoms with Crippen LogP contribution in [0.2, 0.25) is 0 Å². The Kier molecular flexibility index (Phi) is 2.63. The molecular formula is C8H9NO2. The van der Waals surface area contributed by atoms with Crippen molar-refractivity contribution in [3.63, 3.8) is 0 Å². The van der Waals surface area contributed by atoms with Crippen molar-refractivity contribution in [3.05, 3.63) is 36.5 Å². The van der Waals surface area contributed by atoms with Crippen molar-refractivity contribution in [2.24, 2.45) is 5.92 Å². The smallest absolute Gasteiger partial charge is 0.254 e. The summed E-state index contributed by atoms with van der Waals surface area (Å²) in [6.07, 6.45) is 10.6. The van der Waals surface area contributed by atoms with Crippen LogP contribution in [0.3, 0.4) is 0 Å². The maximum atomic E-state index is 10.8. The van der Waals surface area contributed by atoms with Crippen molar-refractivity contribution in [1.82, 2.24) is 5.48 Å². The molecule has 0 aromatic rings. The van der Waals surface area contributed by atoms with Gasteiger partial charge in [0, 0.05) is 0 Å². The quantitative estimate of drug-likeness (QED) is 0.430. The highest BCUT2D eigenvalue weighted by atomic mass is 16.5. The Morgan fingerprint density at radius 3 is 2.18 bits per heavy atom. The summed E-state index contributed by atoms with van der Waals surface area (Å²) < 4.78 is 0. The monoisotopic (exact) mass is 151 g/mol. The molecule has 58 valence electrons. The molecule has 0 bridgehead atoms. The van der Waals surface area contributed by atoms with Gasteiger partial charge in [-0.2, -0.15) is 0 Å². The summed E-state index contributed by atoms with van der Waals surface area (Å²) in [5.41, 5.74) is 1.59. The minimum absolute atomic E-state index is 0.366. The Balaban J connectivity index is 2.67. The van der Waals surface area contributed by atoms with Crippen LogP contribution in [0.5, 0.6) is 0 Å². The van der Waals surface area contributed by atoms with E-state index in [1.807, 2.05) is 12.2 Å². The van der Waals surface area contributed by atoms with Crippen molar-refractivity contribution in [2.75, 3.05) is 0 Å². The van der Waals surface area contributed by atoms with Crippen LogP contribution in [0.4, 0.5) is 0 Å². The zero-order valence-corrected chi connectivity index (χ0v) is 5.90. The molecule has 0 saturated carbocycles. The Labute approximate surface area is 64.7 Å². The van der Waals surface area contributed by atoms with E-state index >= 15 is 0 Å². The van der Waals surface area contributed by atoms with E-state index in [1.165, 1.54) is 0 Å². The fourth-order valence-electron chi connectivity index (χ4n) is 0.809. The predicted molar refractivity (Wildman–Crippen MR) is 40.8 cm³/mol. The van der Waals surface area contributed by atoms with E-state index in [-0.39, 0.29) is 5.92 Å². The van der Waals surface area contributed by atoms with Crippen LogP contribution in [0.25, 0.3) is 0 Å². The first-order chi connectivity index (χ1) is 5.34. The van der Waals surface area contributed by atoms with Crippen LogP contribution in [-0.4, -0.2) is 11.1 Å². The van der Waals surface area contributed by atoms with Crippen LogP contribution in [-0.2, 0) is 4.79 Å². The van der Waals surface area contributed by atoms with Crippen molar-refractivity contribution in [1.29, 1.82) is 0 Å². The molecule has 0 radical (unpaired) electrons. The molecule has 0 aromatic heterocycles. The molecule has 0 unspecified atom stereocenters. The van der Waals surface area contributed by atoms with Crippen LogP contribution in [0.1, 0.15) is 0 Å². The number of hydroxylamine groups is 1. The molecule has 0 atom stereocenters. The van der Waals surface area contributed by atoms with Gasteiger partial charge in [0.05, 0.1) is 5.92 Å². The van der Waals surface area contributed by atoms with Gasteiger partial charge < -0.3 is 0 Å². The standard InChI is InChI=1S/C8H9NO2/c10-8(9-11)7-5-3-1-2-4-6-7/h1-7,11H,(H,9,10). The fraction of sp³-hybridized carbons (Fsp3) is 0.125. The molecule has 1 rings (SSSR count). The summed E-state index contributed by atoms with van der Waals surface area (Å²) in [6, 6.07) is 0. The zero-order valence-electron chi connectivity index (χ0n) is 5.90. The largest absolute Gasteiger partial charge is 0.289 e. The highest BCUT2D eigenvalue weighted by Crippen LogP contribution is 2.04. The lowest BCUT2D eigenvalue weighted by Crippen LogP contribution is -2.25. The Hall–Kier alpha value is -1.35. The van der Waals surface area contributed by atoms with Gasteiger partial charge in [-0.05, 0) is 0 Å². The topological polar surface area (TPSA) is 49.3 Å². The summed E-state index contributed by atoms with van der Waals surface area (Å²) in [4.78, 5) is 10.8. The second-order valence-electron chi connectivity index (χ2n) is 2.16. The molecule has 1 aliphatic rings. The molecule has 0 aromatic carbocycles. The van der Waals surface area contributed by atoms with Gasteiger partial charge in [-0.15, -0.1) is 0 Å². The SMILES string of the molecule is O=C(NO)C1C=CC=CC=C1. The number of hydrogen-bond donors (Lipinski definition) is 2. The first-order valence-corrected chi connectivity index (χ1v) is 3.30. The summed E-state index contributed by atoms with van der Waals surface area (Å²) in [5.74, 6) is -0.781. The van der Waals surface area contributed by atoms with E-state index in [0.29, 0.717) is 0 Å². The van der Waals surface area contributed by atoms with E-state index in [1.54, 1.807) is 29.8 Å². The summed E-state index contributed by atoms with van der Waals surface area (Å²) in [6.45, 7) is 0. The highest BCUT2D eigenvalue weighted by molar-refractivity contribution is 5.81. The molecule has 0 fully saturated rings. The predicted octanol–water partition coefficient (Wildman–Crippen LogP) is 0.790. The third-order valence-corrected chi connectivity index (χ3v) is 1.38. The maximum Gasteiger partial charge on any atom is 0.254 e. The summed E-state index contributed by atoms with van der Waals surface area (Å²) in [5, 5.41) is 8.29. The molecule has 3 nitrogen and oxygen atoms in total. The van der Waals surface area contributed by atoms with E-state index in [2.05, 4.69) is 0 Å². The molecule has 1 amide bonds. The van der Waals surface area contributed by atoms with Gasteiger partial charge in [0.15, 0.2) is 0 Å². The third kappa shape index (κ3) is 2.05. The number of carbonyl (C=O) groups excluding carboxylic acids is 1. The molecule has 1 aliphatic carbocycles. The lowest BCUT2D eigenvalue weighted by atomic mass is 10.1. The molecular weight excluding hydrogens is 142 g/mol. The average molecular weight is 151 g/mol. The Bertz CT molecular complexity index is 212. The molecule has 11 heavy (non-hydrogen) atoms. The third-order valence-electron chi connectivity index (χ3n) is 1.38. The van der Waals surface area contributed by atoms with E-state index in [4.69, 9.17) is 5.21 Å². The van der Waals surface area contributed by atoms with Gasteiger partial charge in [-0.3, -0.25) is 10.0 Å². The molecule has 2 N–H and O–H groups in total. The fourth-order valence-corrected chi connectivity index (χ4v) is 0.809. The van der Waals surface area contributed by atoms with Crippen molar-refractivity contribution in [2.45, 2.75) is 0 Å². The molecule has 0 spiro atoms. The van der Waals surface area contributed by atoms with Gasteiger partial charge in [-0.1, -0.05) is 36.5 Å². The first-order valence-electron chi connectivity index (χ1n) is 3.30. The number of nitrogens with one attached hydrogen (secondary N) is 1. The van der Waals surface area contributed by atoms with Crippen LogP contribution in [0, 0.1) is 5.92 Å². The normalized spacial score (nSPS) is 16.5. The lowest BCUT2D eigenvalue weighted by molar-refractivity contribution is -0.130. The molecule has 0 aliphatic heterocycles. The van der Waals surface area contributed by atoms with Crippen LogP contribution < -0.4 is 5.48 Å². The minimum Gasteiger partial charge on any atom is -0.289 e. The van der Waals surface area contributed by atoms with E-state index < -0.39 is 5.91 Å².